The maximum Gasteiger partial charge on any atom is 0.220 e. The highest BCUT2D eigenvalue weighted by atomic mass is 32.2. The van der Waals surface area contributed by atoms with E-state index in [9.17, 15) is 4.79 Å². The van der Waals surface area contributed by atoms with Crippen LogP contribution in [-0.4, -0.2) is 24.8 Å². The van der Waals surface area contributed by atoms with Gasteiger partial charge in [0.1, 0.15) is 12.4 Å². The minimum absolute atomic E-state index is 0.0725. The Morgan fingerprint density at radius 3 is 2.67 bits per heavy atom. The molecule has 0 heterocycles. The van der Waals surface area contributed by atoms with E-state index in [1.807, 2.05) is 30.3 Å². The van der Waals surface area contributed by atoms with Gasteiger partial charge in [0.25, 0.3) is 0 Å². The fourth-order valence-corrected chi connectivity index (χ4v) is 3.22. The van der Waals surface area contributed by atoms with E-state index >= 15 is 0 Å². The lowest BCUT2D eigenvalue weighted by atomic mass is 10.2. The molecule has 0 radical (unpaired) electrons. The van der Waals surface area contributed by atoms with Gasteiger partial charge in [-0.3, -0.25) is 4.79 Å². The smallest absolute Gasteiger partial charge is 0.220 e. The molecule has 2 aromatic rings. The minimum Gasteiger partial charge on any atom is -0.492 e. The number of carbonyl (C=O) groups is 1. The summed E-state index contributed by atoms with van der Waals surface area (Å²) in [6.07, 6.45) is 0.530. The summed E-state index contributed by atoms with van der Waals surface area (Å²) in [5, 5.41) is 2.88. The van der Waals surface area contributed by atoms with Crippen LogP contribution < -0.4 is 10.1 Å². The predicted molar refractivity (Wildman–Crippen MR) is 105 cm³/mol. The second-order valence-corrected chi connectivity index (χ2v) is 6.71. The number of para-hydroxylation sites is 1. The summed E-state index contributed by atoms with van der Waals surface area (Å²) in [5.74, 6) is 3.39. The number of ether oxygens (including phenoxy) is 1. The van der Waals surface area contributed by atoms with Crippen LogP contribution in [0.4, 0.5) is 0 Å². The Morgan fingerprint density at radius 2 is 1.88 bits per heavy atom. The van der Waals surface area contributed by atoms with Crippen LogP contribution in [0.25, 0.3) is 0 Å². The molecule has 3 nitrogen and oxygen atoms in total. The van der Waals surface area contributed by atoms with Gasteiger partial charge in [0, 0.05) is 23.7 Å². The van der Waals surface area contributed by atoms with E-state index in [2.05, 4.69) is 42.2 Å². The minimum atomic E-state index is 0.0725. The number of rotatable bonds is 10. The van der Waals surface area contributed by atoms with E-state index in [1.165, 1.54) is 11.1 Å². The Labute approximate surface area is 153 Å². The number of thioether (sulfide) groups is 1. The first-order chi connectivity index (χ1) is 11.8. The van der Waals surface area contributed by atoms with Gasteiger partial charge in [-0.15, -0.1) is 0 Å². The molecule has 0 aliphatic heterocycles. The lowest BCUT2D eigenvalue weighted by molar-refractivity contribution is -0.120. The van der Waals surface area contributed by atoms with Gasteiger partial charge in [-0.05, 0) is 23.3 Å². The van der Waals surface area contributed by atoms with Crippen LogP contribution in [0, 0.1) is 0 Å². The molecule has 0 saturated carbocycles. The van der Waals surface area contributed by atoms with Crippen LogP contribution in [-0.2, 0) is 16.3 Å². The molecule has 2 rings (SSSR count). The molecular formula is C19H23NO2S2. The summed E-state index contributed by atoms with van der Waals surface area (Å²) in [6.45, 7) is 1.02. The monoisotopic (exact) mass is 361 g/mol. The van der Waals surface area contributed by atoms with E-state index in [4.69, 9.17) is 4.74 Å². The Morgan fingerprint density at radius 1 is 1.08 bits per heavy atom. The molecule has 24 heavy (non-hydrogen) atoms. The SMILES string of the molecule is O=C(CCSCc1cccc(CS)c1)NCCOc1ccccc1. The molecule has 0 bridgehead atoms. The number of thiol groups is 1. The molecular weight excluding hydrogens is 338 g/mol. The number of hydrogen-bond acceptors (Lipinski definition) is 4. The molecule has 0 fully saturated rings. The molecule has 0 spiro atoms. The maximum absolute atomic E-state index is 11.8. The number of hydrogen-bond donors (Lipinski definition) is 2. The van der Waals surface area contributed by atoms with Crippen molar-refractivity contribution in [3.8, 4) is 5.75 Å². The van der Waals surface area contributed by atoms with Crippen molar-refractivity contribution >= 4 is 30.3 Å². The average molecular weight is 362 g/mol. The van der Waals surface area contributed by atoms with Crippen molar-refractivity contribution < 1.29 is 9.53 Å². The molecule has 0 saturated heterocycles. The summed E-state index contributed by atoms with van der Waals surface area (Å²) >= 11 is 6.06. The summed E-state index contributed by atoms with van der Waals surface area (Å²) in [4.78, 5) is 11.8. The molecule has 1 N–H and O–H groups in total. The van der Waals surface area contributed by atoms with Gasteiger partial charge in [0.15, 0.2) is 0 Å². The van der Waals surface area contributed by atoms with Crippen molar-refractivity contribution in [3.05, 3.63) is 65.7 Å². The van der Waals surface area contributed by atoms with E-state index in [0.717, 1.165) is 23.0 Å². The van der Waals surface area contributed by atoms with Crippen LogP contribution in [0.2, 0.25) is 0 Å². The molecule has 2 aromatic carbocycles. The van der Waals surface area contributed by atoms with Crippen LogP contribution in [0.1, 0.15) is 17.5 Å². The zero-order valence-electron chi connectivity index (χ0n) is 13.6. The van der Waals surface area contributed by atoms with Crippen molar-refractivity contribution in [1.29, 1.82) is 0 Å². The van der Waals surface area contributed by atoms with Gasteiger partial charge in [0.2, 0.25) is 5.91 Å². The van der Waals surface area contributed by atoms with E-state index < -0.39 is 0 Å². The zero-order valence-corrected chi connectivity index (χ0v) is 15.3. The molecule has 0 unspecified atom stereocenters. The largest absolute Gasteiger partial charge is 0.492 e. The maximum atomic E-state index is 11.8. The third kappa shape index (κ3) is 7.32. The van der Waals surface area contributed by atoms with Crippen molar-refractivity contribution in [1.82, 2.24) is 5.32 Å². The van der Waals surface area contributed by atoms with Gasteiger partial charge in [0.05, 0.1) is 6.54 Å². The average Bonchev–Trinajstić information content (AvgIpc) is 2.63. The molecule has 0 atom stereocenters. The summed E-state index contributed by atoms with van der Waals surface area (Å²) < 4.78 is 5.54. The number of nitrogens with one attached hydrogen (secondary N) is 1. The van der Waals surface area contributed by atoms with Crippen LogP contribution in [0.5, 0.6) is 5.75 Å². The molecule has 0 aliphatic carbocycles. The summed E-state index contributed by atoms with van der Waals surface area (Å²) in [6, 6.07) is 18.0. The van der Waals surface area contributed by atoms with Gasteiger partial charge in [-0.2, -0.15) is 24.4 Å². The standard InChI is InChI=1S/C19H23NO2S2/c21-19(20-10-11-22-18-7-2-1-3-8-18)9-12-24-15-17-6-4-5-16(13-17)14-23/h1-8,13,23H,9-12,14-15H2,(H,20,21). The van der Waals surface area contributed by atoms with Crippen molar-refractivity contribution in [2.45, 2.75) is 17.9 Å². The second-order valence-electron chi connectivity index (χ2n) is 5.29. The highest BCUT2D eigenvalue weighted by Gasteiger charge is 2.02. The Bertz CT molecular complexity index is 620. The van der Waals surface area contributed by atoms with Crippen LogP contribution in [0.3, 0.4) is 0 Å². The molecule has 5 heteroatoms. The van der Waals surface area contributed by atoms with Gasteiger partial charge >= 0.3 is 0 Å². The Kier molecular flexibility index (Phi) is 8.63. The van der Waals surface area contributed by atoms with E-state index in [-0.39, 0.29) is 5.91 Å². The zero-order chi connectivity index (χ0) is 17.0. The number of amides is 1. The molecule has 1 amide bonds. The van der Waals surface area contributed by atoms with E-state index in [0.29, 0.717) is 19.6 Å². The first-order valence-electron chi connectivity index (χ1n) is 7.99. The first kappa shape index (κ1) is 18.7. The number of carbonyl (C=O) groups excluding carboxylic acids is 1. The summed E-state index contributed by atoms with van der Waals surface area (Å²) in [7, 11) is 0. The number of benzene rings is 2. The third-order valence-corrected chi connectivity index (χ3v) is 4.75. The van der Waals surface area contributed by atoms with Crippen LogP contribution >= 0.6 is 24.4 Å². The Balaban J connectivity index is 1.53. The quantitative estimate of drug-likeness (QED) is 0.497. The van der Waals surface area contributed by atoms with Gasteiger partial charge < -0.3 is 10.1 Å². The molecule has 128 valence electrons. The lowest BCUT2D eigenvalue weighted by Crippen LogP contribution is -2.28. The summed E-state index contributed by atoms with van der Waals surface area (Å²) in [5.41, 5.74) is 2.51. The topological polar surface area (TPSA) is 38.3 Å². The molecule has 0 aromatic heterocycles. The Hall–Kier alpha value is -1.59. The second kappa shape index (κ2) is 11.0. The van der Waals surface area contributed by atoms with Crippen LogP contribution in [0.15, 0.2) is 54.6 Å². The fraction of sp³-hybridized carbons (Fsp3) is 0.316. The normalized spacial score (nSPS) is 10.4. The first-order valence-corrected chi connectivity index (χ1v) is 9.77. The van der Waals surface area contributed by atoms with E-state index in [1.54, 1.807) is 11.8 Å². The van der Waals surface area contributed by atoms with Gasteiger partial charge in [-0.1, -0.05) is 42.5 Å². The van der Waals surface area contributed by atoms with Crippen molar-refractivity contribution in [2.75, 3.05) is 18.9 Å². The predicted octanol–water partition coefficient (Wildman–Crippen LogP) is 3.93. The highest BCUT2D eigenvalue weighted by Crippen LogP contribution is 2.15. The van der Waals surface area contributed by atoms with Crippen molar-refractivity contribution in [2.24, 2.45) is 0 Å². The van der Waals surface area contributed by atoms with Gasteiger partial charge in [-0.25, -0.2) is 0 Å². The lowest BCUT2D eigenvalue weighted by Gasteiger charge is -2.08. The fourth-order valence-electron chi connectivity index (χ4n) is 2.14. The van der Waals surface area contributed by atoms with Crippen molar-refractivity contribution in [3.63, 3.8) is 0 Å². The highest BCUT2D eigenvalue weighted by molar-refractivity contribution is 7.98. The molecule has 0 aliphatic rings. The third-order valence-electron chi connectivity index (χ3n) is 3.35.